The molecule has 94 valence electrons. The van der Waals surface area contributed by atoms with E-state index in [1.165, 1.54) is 12.8 Å². The van der Waals surface area contributed by atoms with Crippen LogP contribution in [0.25, 0.3) is 0 Å². The van der Waals surface area contributed by atoms with Crippen LogP contribution in [-0.4, -0.2) is 55.1 Å². The van der Waals surface area contributed by atoms with E-state index < -0.39 is 0 Å². The van der Waals surface area contributed by atoms with Crippen molar-refractivity contribution in [3.05, 3.63) is 12.3 Å². The molecule has 0 atom stereocenters. The molecule has 1 N–H and O–H groups in total. The van der Waals surface area contributed by atoms with Crippen LogP contribution >= 0.6 is 0 Å². The highest BCUT2D eigenvalue weighted by Gasteiger charge is 2.25. The summed E-state index contributed by atoms with van der Waals surface area (Å²) in [7, 11) is 6.07. The molecule has 1 fully saturated rings. The predicted octanol–water partition coefficient (Wildman–Crippen LogP) is 1.05. The highest BCUT2D eigenvalue weighted by Crippen LogP contribution is 2.24. The summed E-state index contributed by atoms with van der Waals surface area (Å²) in [6.07, 6.45) is 4.50. The monoisotopic (exact) mass is 235 g/mol. The molecule has 5 heteroatoms. The Balaban J connectivity index is 1.79. The smallest absolute Gasteiger partial charge is 0.226 e. The van der Waals surface area contributed by atoms with E-state index in [1.807, 2.05) is 25.1 Å². The van der Waals surface area contributed by atoms with E-state index in [-0.39, 0.29) is 0 Å². The van der Waals surface area contributed by atoms with Crippen molar-refractivity contribution in [3.63, 3.8) is 0 Å². The fraction of sp³-hybridized carbons (Fsp3) is 0.667. The van der Waals surface area contributed by atoms with Gasteiger partial charge in [-0.15, -0.1) is 0 Å². The van der Waals surface area contributed by atoms with Crippen molar-refractivity contribution in [2.45, 2.75) is 18.9 Å². The normalized spacial score (nSPS) is 15.1. The minimum Gasteiger partial charge on any atom is -0.369 e. The second-order valence-electron chi connectivity index (χ2n) is 4.77. The van der Waals surface area contributed by atoms with Crippen molar-refractivity contribution in [2.75, 3.05) is 44.4 Å². The van der Waals surface area contributed by atoms with Crippen LogP contribution in [0.1, 0.15) is 12.8 Å². The van der Waals surface area contributed by atoms with Crippen molar-refractivity contribution in [3.8, 4) is 0 Å². The summed E-state index contributed by atoms with van der Waals surface area (Å²) in [6.45, 7) is 1.99. The van der Waals surface area contributed by atoms with E-state index in [1.54, 1.807) is 6.20 Å². The number of aromatic nitrogens is 2. The highest BCUT2D eigenvalue weighted by atomic mass is 15.2. The second-order valence-corrected chi connectivity index (χ2v) is 4.77. The maximum Gasteiger partial charge on any atom is 0.226 e. The molecular formula is C12H21N5. The zero-order valence-corrected chi connectivity index (χ0v) is 10.8. The van der Waals surface area contributed by atoms with Gasteiger partial charge < -0.3 is 15.1 Å². The van der Waals surface area contributed by atoms with Crippen LogP contribution in [0, 0.1) is 0 Å². The summed E-state index contributed by atoms with van der Waals surface area (Å²) in [5, 5.41) is 3.33. The molecule has 1 saturated carbocycles. The van der Waals surface area contributed by atoms with E-state index >= 15 is 0 Å². The number of hydrogen-bond acceptors (Lipinski definition) is 5. The van der Waals surface area contributed by atoms with Gasteiger partial charge in [-0.1, -0.05) is 0 Å². The molecular weight excluding hydrogens is 214 g/mol. The zero-order valence-electron chi connectivity index (χ0n) is 10.8. The molecule has 0 bridgehead atoms. The lowest BCUT2D eigenvalue weighted by atomic mass is 10.5. The third-order valence-corrected chi connectivity index (χ3v) is 2.98. The van der Waals surface area contributed by atoms with Crippen molar-refractivity contribution in [1.29, 1.82) is 0 Å². The standard InChI is InChI=1S/C12H21N5/c1-16(2)12-14-7-6-11(15-12)13-8-9-17(3)10-4-5-10/h6-7,10H,4-5,8-9H2,1-3H3,(H,13,14,15). The first-order valence-corrected chi connectivity index (χ1v) is 6.11. The van der Waals surface area contributed by atoms with Gasteiger partial charge in [-0.25, -0.2) is 4.98 Å². The quantitative estimate of drug-likeness (QED) is 0.798. The van der Waals surface area contributed by atoms with Crippen molar-refractivity contribution in [2.24, 2.45) is 0 Å². The van der Waals surface area contributed by atoms with Crippen LogP contribution in [0.4, 0.5) is 11.8 Å². The summed E-state index contributed by atoms with van der Waals surface area (Å²) < 4.78 is 0. The summed E-state index contributed by atoms with van der Waals surface area (Å²) in [5.74, 6) is 1.64. The van der Waals surface area contributed by atoms with E-state index in [4.69, 9.17) is 0 Å². The van der Waals surface area contributed by atoms with Gasteiger partial charge in [0.05, 0.1) is 0 Å². The van der Waals surface area contributed by atoms with Gasteiger partial charge in [-0.05, 0) is 26.0 Å². The molecule has 0 radical (unpaired) electrons. The molecule has 1 aromatic rings. The minimum absolute atomic E-state index is 0.741. The third kappa shape index (κ3) is 3.56. The van der Waals surface area contributed by atoms with Gasteiger partial charge >= 0.3 is 0 Å². The molecule has 0 aromatic carbocycles. The molecule has 17 heavy (non-hydrogen) atoms. The Labute approximate surface area is 103 Å². The van der Waals surface area contributed by atoms with Crippen LogP contribution in [0.15, 0.2) is 12.3 Å². The predicted molar refractivity (Wildman–Crippen MR) is 70.5 cm³/mol. The Morgan fingerprint density at radius 1 is 1.35 bits per heavy atom. The first-order chi connectivity index (χ1) is 8.16. The van der Waals surface area contributed by atoms with Crippen molar-refractivity contribution in [1.82, 2.24) is 14.9 Å². The summed E-state index contributed by atoms with van der Waals surface area (Å²) in [5.41, 5.74) is 0. The minimum atomic E-state index is 0.741. The fourth-order valence-corrected chi connectivity index (χ4v) is 1.72. The highest BCUT2D eigenvalue weighted by molar-refractivity contribution is 5.40. The first kappa shape index (κ1) is 12.1. The molecule has 5 nitrogen and oxygen atoms in total. The topological polar surface area (TPSA) is 44.3 Å². The summed E-state index contributed by atoms with van der Waals surface area (Å²) in [6, 6.07) is 2.73. The molecule has 0 aliphatic heterocycles. The number of anilines is 2. The lowest BCUT2D eigenvalue weighted by Crippen LogP contribution is -2.27. The number of nitrogens with zero attached hydrogens (tertiary/aromatic N) is 4. The third-order valence-electron chi connectivity index (χ3n) is 2.98. The molecule has 1 aromatic heterocycles. The van der Waals surface area contributed by atoms with E-state index in [9.17, 15) is 0 Å². The van der Waals surface area contributed by atoms with Crippen LogP contribution in [0.3, 0.4) is 0 Å². The Morgan fingerprint density at radius 2 is 2.12 bits per heavy atom. The lowest BCUT2D eigenvalue weighted by Gasteiger charge is -2.16. The Kier molecular flexibility index (Phi) is 3.78. The van der Waals surface area contributed by atoms with Crippen molar-refractivity contribution >= 4 is 11.8 Å². The van der Waals surface area contributed by atoms with Gasteiger partial charge in [0.1, 0.15) is 5.82 Å². The van der Waals surface area contributed by atoms with Gasteiger partial charge in [0, 0.05) is 39.4 Å². The zero-order chi connectivity index (χ0) is 12.3. The second kappa shape index (κ2) is 5.31. The molecule has 2 rings (SSSR count). The number of nitrogens with one attached hydrogen (secondary N) is 1. The van der Waals surface area contributed by atoms with Crippen molar-refractivity contribution < 1.29 is 0 Å². The first-order valence-electron chi connectivity index (χ1n) is 6.11. The molecule has 1 aliphatic rings. The van der Waals surface area contributed by atoms with Crippen LogP contribution in [-0.2, 0) is 0 Å². The molecule has 1 heterocycles. The Hall–Kier alpha value is -1.36. The van der Waals surface area contributed by atoms with Gasteiger partial charge in [0.15, 0.2) is 0 Å². The maximum absolute atomic E-state index is 4.41. The van der Waals surface area contributed by atoms with Gasteiger partial charge in [-0.3, -0.25) is 0 Å². The lowest BCUT2D eigenvalue weighted by molar-refractivity contribution is 0.337. The maximum atomic E-state index is 4.41. The molecule has 0 amide bonds. The molecule has 0 unspecified atom stereocenters. The number of rotatable bonds is 6. The SMILES string of the molecule is CN(C)c1nccc(NCCN(C)C2CC2)n1. The summed E-state index contributed by atoms with van der Waals surface area (Å²) >= 11 is 0. The van der Waals surface area contributed by atoms with Crippen LogP contribution < -0.4 is 10.2 Å². The van der Waals surface area contributed by atoms with Gasteiger partial charge in [0.2, 0.25) is 5.95 Å². The Bertz CT molecular complexity index is 362. The van der Waals surface area contributed by atoms with E-state index in [0.717, 1.165) is 30.9 Å². The Morgan fingerprint density at radius 3 is 2.76 bits per heavy atom. The van der Waals surface area contributed by atoms with E-state index in [0.29, 0.717) is 0 Å². The number of hydrogen-bond donors (Lipinski definition) is 1. The van der Waals surface area contributed by atoms with E-state index in [2.05, 4.69) is 27.2 Å². The average molecular weight is 235 g/mol. The van der Waals surface area contributed by atoms with Crippen LogP contribution in [0.5, 0.6) is 0 Å². The summed E-state index contributed by atoms with van der Waals surface area (Å²) in [4.78, 5) is 12.9. The molecule has 1 aliphatic carbocycles. The van der Waals surface area contributed by atoms with Gasteiger partial charge in [-0.2, -0.15) is 4.98 Å². The largest absolute Gasteiger partial charge is 0.369 e. The fourth-order valence-electron chi connectivity index (χ4n) is 1.72. The van der Waals surface area contributed by atoms with Crippen LogP contribution in [0.2, 0.25) is 0 Å². The average Bonchev–Trinajstić information content (AvgIpc) is 3.13. The molecule has 0 saturated heterocycles. The molecule has 0 spiro atoms. The number of likely N-dealkylation sites (N-methyl/N-ethyl adjacent to an activating group) is 1. The van der Waals surface area contributed by atoms with Gasteiger partial charge in [0.25, 0.3) is 0 Å².